The van der Waals surface area contributed by atoms with Gasteiger partial charge in [0.25, 0.3) is 0 Å². The van der Waals surface area contributed by atoms with Crippen molar-refractivity contribution >= 4 is 0 Å². The monoisotopic (exact) mass is 236 g/mol. The minimum absolute atomic E-state index is 0.253. The van der Waals surface area contributed by atoms with Crippen LogP contribution in [0, 0.1) is 6.92 Å². The van der Waals surface area contributed by atoms with Crippen molar-refractivity contribution in [2.45, 2.75) is 46.1 Å². The van der Waals surface area contributed by atoms with Gasteiger partial charge in [0.2, 0.25) is 0 Å². The average Bonchev–Trinajstić information content (AvgIpc) is 2.32. The molecule has 96 valence electrons. The van der Waals surface area contributed by atoms with Crippen LogP contribution in [0.25, 0.3) is 0 Å². The Labute approximate surface area is 105 Å². The molecule has 0 fully saturated rings. The molecule has 3 nitrogen and oxygen atoms in total. The zero-order valence-electron chi connectivity index (χ0n) is 11.2. The Morgan fingerprint density at radius 3 is 2.82 bits per heavy atom. The molecule has 0 radical (unpaired) electrons. The van der Waals surface area contributed by atoms with Gasteiger partial charge in [-0.15, -0.1) is 0 Å². The lowest BCUT2D eigenvalue weighted by atomic mass is 10.2. The van der Waals surface area contributed by atoms with E-state index in [1.165, 1.54) is 6.42 Å². The number of hydrogen-bond acceptors (Lipinski definition) is 3. The van der Waals surface area contributed by atoms with Crippen molar-refractivity contribution in [1.82, 2.24) is 10.3 Å². The van der Waals surface area contributed by atoms with Crippen LogP contribution in [0.1, 0.15) is 38.8 Å². The lowest BCUT2D eigenvalue weighted by molar-refractivity contribution is 0.206. The first-order valence-electron chi connectivity index (χ1n) is 6.52. The van der Waals surface area contributed by atoms with Gasteiger partial charge in [-0.2, -0.15) is 0 Å². The third-order valence-corrected chi connectivity index (χ3v) is 2.61. The van der Waals surface area contributed by atoms with E-state index in [9.17, 15) is 0 Å². The maximum Gasteiger partial charge on any atom is 0.138 e. The molecule has 0 aliphatic heterocycles. The van der Waals surface area contributed by atoms with Gasteiger partial charge in [0.05, 0.1) is 12.3 Å². The summed E-state index contributed by atoms with van der Waals surface area (Å²) in [5.74, 6) is 0.865. The minimum atomic E-state index is 0.253. The van der Waals surface area contributed by atoms with Gasteiger partial charge in [0.15, 0.2) is 0 Å². The van der Waals surface area contributed by atoms with Gasteiger partial charge in [-0.05, 0) is 58.3 Å². The van der Waals surface area contributed by atoms with E-state index in [0.29, 0.717) is 0 Å². The van der Waals surface area contributed by atoms with Crippen LogP contribution in [0.2, 0.25) is 0 Å². The fraction of sp³-hybridized carbons (Fsp3) is 0.643. The molecule has 0 aromatic carbocycles. The van der Waals surface area contributed by atoms with Gasteiger partial charge in [-0.3, -0.25) is 4.98 Å². The first-order valence-corrected chi connectivity index (χ1v) is 6.52. The Morgan fingerprint density at radius 2 is 2.18 bits per heavy atom. The van der Waals surface area contributed by atoms with Gasteiger partial charge >= 0.3 is 0 Å². The SMILES string of the molecule is CCCNCCCC(C)Oc1ccc(C)nc1. The highest BCUT2D eigenvalue weighted by atomic mass is 16.5. The summed E-state index contributed by atoms with van der Waals surface area (Å²) in [6.07, 6.45) is 5.47. The second kappa shape index (κ2) is 8.07. The van der Waals surface area contributed by atoms with E-state index in [1.54, 1.807) is 6.20 Å². The summed E-state index contributed by atoms with van der Waals surface area (Å²) in [4.78, 5) is 4.22. The van der Waals surface area contributed by atoms with Crippen LogP contribution in [0.5, 0.6) is 5.75 Å². The van der Waals surface area contributed by atoms with Crippen LogP contribution in [-0.4, -0.2) is 24.2 Å². The summed E-state index contributed by atoms with van der Waals surface area (Å²) in [6, 6.07) is 3.96. The molecule has 1 aromatic rings. The molecule has 0 saturated carbocycles. The van der Waals surface area contributed by atoms with Gasteiger partial charge < -0.3 is 10.1 Å². The largest absolute Gasteiger partial charge is 0.489 e. The fourth-order valence-corrected chi connectivity index (χ4v) is 1.63. The van der Waals surface area contributed by atoms with E-state index in [-0.39, 0.29) is 6.10 Å². The first-order chi connectivity index (χ1) is 8.22. The topological polar surface area (TPSA) is 34.1 Å². The first kappa shape index (κ1) is 14.0. The predicted molar refractivity (Wildman–Crippen MR) is 71.5 cm³/mol. The van der Waals surface area contributed by atoms with Crippen molar-refractivity contribution in [3.63, 3.8) is 0 Å². The molecule has 17 heavy (non-hydrogen) atoms. The highest BCUT2D eigenvalue weighted by molar-refractivity contribution is 5.19. The predicted octanol–water partition coefficient (Wildman–Crippen LogP) is 2.94. The number of pyridine rings is 1. The Balaban J connectivity index is 2.16. The molecule has 0 bridgehead atoms. The molecule has 3 heteroatoms. The van der Waals surface area contributed by atoms with E-state index < -0.39 is 0 Å². The molecule has 1 unspecified atom stereocenters. The van der Waals surface area contributed by atoms with Crippen LogP contribution in [-0.2, 0) is 0 Å². The van der Waals surface area contributed by atoms with Crippen LogP contribution < -0.4 is 10.1 Å². The molecule has 1 N–H and O–H groups in total. The zero-order chi connectivity index (χ0) is 12.5. The highest BCUT2D eigenvalue weighted by Crippen LogP contribution is 2.12. The average molecular weight is 236 g/mol. The number of nitrogens with zero attached hydrogens (tertiary/aromatic N) is 1. The van der Waals surface area contributed by atoms with Crippen LogP contribution in [0.4, 0.5) is 0 Å². The molecule has 1 aromatic heterocycles. The lowest BCUT2D eigenvalue weighted by Crippen LogP contribution is -2.19. The number of nitrogens with one attached hydrogen (secondary N) is 1. The molecule has 0 aliphatic carbocycles. The minimum Gasteiger partial charge on any atom is -0.489 e. The van der Waals surface area contributed by atoms with Crippen molar-refractivity contribution in [2.75, 3.05) is 13.1 Å². The second-order valence-electron chi connectivity index (χ2n) is 4.46. The number of aryl methyl sites for hydroxylation is 1. The molecule has 0 saturated heterocycles. The standard InChI is InChI=1S/C14H24N2O/c1-4-9-15-10-5-6-13(3)17-14-8-7-12(2)16-11-14/h7-8,11,13,15H,4-6,9-10H2,1-3H3. The molecule has 0 spiro atoms. The van der Waals surface area contributed by atoms with Crippen molar-refractivity contribution in [2.24, 2.45) is 0 Å². The van der Waals surface area contributed by atoms with Gasteiger partial charge in [-0.25, -0.2) is 0 Å². The summed E-state index contributed by atoms with van der Waals surface area (Å²) in [5.41, 5.74) is 1.02. The van der Waals surface area contributed by atoms with E-state index in [2.05, 4.69) is 24.1 Å². The van der Waals surface area contributed by atoms with E-state index in [4.69, 9.17) is 4.74 Å². The van der Waals surface area contributed by atoms with E-state index >= 15 is 0 Å². The maximum absolute atomic E-state index is 5.79. The van der Waals surface area contributed by atoms with Crippen molar-refractivity contribution < 1.29 is 4.74 Å². The Bertz CT molecular complexity index is 298. The Kier molecular flexibility index (Phi) is 6.63. The lowest BCUT2D eigenvalue weighted by Gasteiger charge is -2.14. The van der Waals surface area contributed by atoms with Gasteiger partial charge in [-0.1, -0.05) is 6.92 Å². The van der Waals surface area contributed by atoms with E-state index in [1.807, 2.05) is 19.1 Å². The number of hydrogen-bond donors (Lipinski definition) is 1. The third kappa shape index (κ3) is 6.27. The van der Waals surface area contributed by atoms with Crippen molar-refractivity contribution in [3.05, 3.63) is 24.0 Å². The zero-order valence-corrected chi connectivity index (χ0v) is 11.2. The van der Waals surface area contributed by atoms with Crippen LogP contribution in [0.15, 0.2) is 18.3 Å². The molecule has 0 aliphatic rings. The second-order valence-corrected chi connectivity index (χ2v) is 4.46. The molecular weight excluding hydrogens is 212 g/mol. The Morgan fingerprint density at radius 1 is 1.35 bits per heavy atom. The van der Waals surface area contributed by atoms with Gasteiger partial charge in [0, 0.05) is 5.69 Å². The number of aromatic nitrogens is 1. The summed E-state index contributed by atoms with van der Waals surface area (Å²) in [5, 5.41) is 3.39. The highest BCUT2D eigenvalue weighted by Gasteiger charge is 2.03. The molecular formula is C14H24N2O. The summed E-state index contributed by atoms with van der Waals surface area (Å²) < 4.78 is 5.79. The summed E-state index contributed by atoms with van der Waals surface area (Å²) >= 11 is 0. The maximum atomic E-state index is 5.79. The van der Waals surface area contributed by atoms with E-state index in [0.717, 1.165) is 37.4 Å². The Hall–Kier alpha value is -1.09. The van der Waals surface area contributed by atoms with Crippen molar-refractivity contribution in [3.8, 4) is 5.75 Å². The molecule has 1 atom stereocenters. The number of rotatable bonds is 8. The smallest absolute Gasteiger partial charge is 0.138 e. The van der Waals surface area contributed by atoms with Crippen molar-refractivity contribution in [1.29, 1.82) is 0 Å². The van der Waals surface area contributed by atoms with Crippen LogP contribution in [0.3, 0.4) is 0 Å². The van der Waals surface area contributed by atoms with Gasteiger partial charge in [0.1, 0.15) is 5.75 Å². The summed E-state index contributed by atoms with van der Waals surface area (Å²) in [7, 11) is 0. The third-order valence-electron chi connectivity index (χ3n) is 2.61. The molecule has 0 amide bonds. The fourth-order valence-electron chi connectivity index (χ4n) is 1.63. The quantitative estimate of drug-likeness (QED) is 0.705. The molecule has 1 rings (SSSR count). The number of ether oxygens (including phenoxy) is 1. The normalized spacial score (nSPS) is 12.4. The molecule has 1 heterocycles. The van der Waals surface area contributed by atoms with Crippen LogP contribution >= 0.6 is 0 Å². The summed E-state index contributed by atoms with van der Waals surface area (Å²) in [6.45, 7) is 8.46.